The van der Waals surface area contributed by atoms with Crippen LogP contribution in [0.3, 0.4) is 0 Å². The van der Waals surface area contributed by atoms with E-state index in [1.165, 1.54) is 12.4 Å². The van der Waals surface area contributed by atoms with Crippen LogP contribution >= 0.6 is 0 Å². The van der Waals surface area contributed by atoms with E-state index in [2.05, 4.69) is 47.9 Å². The molecule has 0 fully saturated rings. The van der Waals surface area contributed by atoms with E-state index in [4.69, 9.17) is 0 Å². The number of carbonyl (C=O) groups is 2. The summed E-state index contributed by atoms with van der Waals surface area (Å²) in [5.74, 6) is 0.112. The van der Waals surface area contributed by atoms with E-state index in [1.54, 1.807) is 11.1 Å². The summed E-state index contributed by atoms with van der Waals surface area (Å²) >= 11 is 0. The largest absolute Gasteiger partial charge is 0.354 e. The van der Waals surface area contributed by atoms with Crippen LogP contribution in [0, 0.1) is 5.92 Å². The van der Waals surface area contributed by atoms with Crippen molar-refractivity contribution in [2.75, 3.05) is 32.7 Å². The van der Waals surface area contributed by atoms with Gasteiger partial charge in [0.25, 0.3) is 5.91 Å². The van der Waals surface area contributed by atoms with Crippen molar-refractivity contribution < 1.29 is 9.59 Å². The Bertz CT molecular complexity index is 575. The second-order valence-electron chi connectivity index (χ2n) is 7.62. The molecule has 1 heterocycles. The Morgan fingerprint density at radius 1 is 1.11 bits per heavy atom. The van der Waals surface area contributed by atoms with Crippen molar-refractivity contribution in [3.8, 4) is 0 Å². The summed E-state index contributed by atoms with van der Waals surface area (Å²) in [6.45, 7) is 14.6. The lowest BCUT2D eigenvalue weighted by molar-refractivity contribution is -0.121. The van der Waals surface area contributed by atoms with Crippen molar-refractivity contribution in [3.63, 3.8) is 0 Å². The number of nitrogens with zero attached hydrogens (tertiary/aromatic N) is 4. The van der Waals surface area contributed by atoms with Gasteiger partial charge >= 0.3 is 0 Å². The summed E-state index contributed by atoms with van der Waals surface area (Å²) in [6, 6.07) is 0.136. The molecule has 7 heteroatoms. The Labute approximate surface area is 169 Å². The van der Waals surface area contributed by atoms with Gasteiger partial charge in [-0.05, 0) is 45.3 Å². The molecule has 0 aliphatic carbocycles. The molecule has 1 atom stereocenters. The van der Waals surface area contributed by atoms with Gasteiger partial charge in [-0.25, -0.2) is 4.98 Å². The van der Waals surface area contributed by atoms with Gasteiger partial charge in [0.2, 0.25) is 5.91 Å². The maximum absolute atomic E-state index is 12.7. The van der Waals surface area contributed by atoms with Gasteiger partial charge in [0.15, 0.2) is 0 Å². The fourth-order valence-corrected chi connectivity index (χ4v) is 3.10. The molecule has 0 spiro atoms. The number of aromatic nitrogens is 2. The molecule has 1 rings (SSSR count). The molecule has 0 radical (unpaired) electrons. The number of rotatable bonds is 13. The second-order valence-corrected chi connectivity index (χ2v) is 7.62. The van der Waals surface area contributed by atoms with E-state index in [0.29, 0.717) is 31.1 Å². The standard InChI is InChI=1S/C21H37N5O2/c1-6-25(7-2)13-8-9-18(5)24-20(27)10-14-26(16-17(3)4)21(28)19-15-22-11-12-23-19/h11-12,15,17-18H,6-10,13-14,16H2,1-5H3,(H,24,27). The van der Waals surface area contributed by atoms with Crippen LogP contribution < -0.4 is 5.32 Å². The Balaban J connectivity index is 2.46. The summed E-state index contributed by atoms with van der Waals surface area (Å²) in [6.07, 6.45) is 6.82. The van der Waals surface area contributed by atoms with E-state index in [-0.39, 0.29) is 17.9 Å². The highest BCUT2D eigenvalue weighted by molar-refractivity contribution is 5.92. The molecule has 2 amide bonds. The first-order valence-corrected chi connectivity index (χ1v) is 10.4. The zero-order valence-corrected chi connectivity index (χ0v) is 18.1. The first-order valence-electron chi connectivity index (χ1n) is 10.4. The van der Waals surface area contributed by atoms with Gasteiger partial charge in [0.1, 0.15) is 5.69 Å². The van der Waals surface area contributed by atoms with Gasteiger partial charge in [-0.2, -0.15) is 0 Å². The van der Waals surface area contributed by atoms with Crippen molar-refractivity contribution in [2.45, 2.75) is 59.9 Å². The lowest BCUT2D eigenvalue weighted by Crippen LogP contribution is -2.39. The molecule has 7 nitrogen and oxygen atoms in total. The number of hydrogen-bond acceptors (Lipinski definition) is 5. The van der Waals surface area contributed by atoms with Gasteiger partial charge in [-0.15, -0.1) is 0 Å². The third-order valence-electron chi connectivity index (χ3n) is 4.68. The SMILES string of the molecule is CCN(CC)CCCC(C)NC(=O)CCN(CC(C)C)C(=O)c1cnccn1. The van der Waals surface area contributed by atoms with Crippen LogP contribution in [-0.2, 0) is 4.79 Å². The van der Waals surface area contributed by atoms with Crippen molar-refractivity contribution in [3.05, 3.63) is 24.3 Å². The molecule has 1 N–H and O–H groups in total. The number of carbonyl (C=O) groups excluding carboxylic acids is 2. The van der Waals surface area contributed by atoms with Crippen LogP contribution in [0.1, 0.15) is 64.4 Å². The quantitative estimate of drug-likeness (QED) is 0.559. The molecular weight excluding hydrogens is 354 g/mol. The van der Waals surface area contributed by atoms with Gasteiger partial charge < -0.3 is 15.1 Å². The fraction of sp³-hybridized carbons (Fsp3) is 0.714. The summed E-state index contributed by atoms with van der Waals surface area (Å²) in [7, 11) is 0. The van der Waals surface area contributed by atoms with Gasteiger partial charge in [-0.1, -0.05) is 27.7 Å². The number of hydrogen-bond donors (Lipinski definition) is 1. The van der Waals surface area contributed by atoms with Crippen molar-refractivity contribution in [2.24, 2.45) is 5.92 Å². The number of amides is 2. The third-order valence-corrected chi connectivity index (χ3v) is 4.68. The van der Waals surface area contributed by atoms with Crippen molar-refractivity contribution in [1.82, 2.24) is 25.1 Å². The van der Waals surface area contributed by atoms with Crippen molar-refractivity contribution in [1.29, 1.82) is 0 Å². The highest BCUT2D eigenvalue weighted by Gasteiger charge is 2.19. The summed E-state index contributed by atoms with van der Waals surface area (Å²) in [5, 5.41) is 3.05. The molecule has 0 aliphatic rings. The Hall–Kier alpha value is -2.02. The molecule has 28 heavy (non-hydrogen) atoms. The van der Waals surface area contributed by atoms with Crippen LogP contribution in [0.25, 0.3) is 0 Å². The van der Waals surface area contributed by atoms with E-state index < -0.39 is 0 Å². The van der Waals surface area contributed by atoms with Crippen LogP contribution in [0.5, 0.6) is 0 Å². The third kappa shape index (κ3) is 9.26. The minimum Gasteiger partial charge on any atom is -0.354 e. The molecular formula is C21H37N5O2. The monoisotopic (exact) mass is 391 g/mol. The Morgan fingerprint density at radius 2 is 1.82 bits per heavy atom. The highest BCUT2D eigenvalue weighted by atomic mass is 16.2. The Morgan fingerprint density at radius 3 is 2.39 bits per heavy atom. The molecule has 1 unspecified atom stereocenters. The van der Waals surface area contributed by atoms with E-state index >= 15 is 0 Å². The number of nitrogens with one attached hydrogen (secondary N) is 1. The molecule has 1 aromatic rings. The Kier molecular flexibility index (Phi) is 11.3. The smallest absolute Gasteiger partial charge is 0.274 e. The average Bonchev–Trinajstić information content (AvgIpc) is 2.68. The van der Waals surface area contributed by atoms with Crippen LogP contribution in [0.4, 0.5) is 0 Å². The topological polar surface area (TPSA) is 78.4 Å². The maximum atomic E-state index is 12.7. The molecule has 0 saturated heterocycles. The highest BCUT2D eigenvalue weighted by Crippen LogP contribution is 2.06. The summed E-state index contributed by atoms with van der Waals surface area (Å²) in [4.78, 5) is 37.1. The summed E-state index contributed by atoms with van der Waals surface area (Å²) < 4.78 is 0. The van der Waals surface area contributed by atoms with E-state index in [1.807, 2.05) is 6.92 Å². The van der Waals surface area contributed by atoms with Crippen molar-refractivity contribution >= 4 is 11.8 Å². The van der Waals surface area contributed by atoms with Crippen LogP contribution in [0.15, 0.2) is 18.6 Å². The first kappa shape index (κ1) is 24.0. The minimum atomic E-state index is -0.179. The minimum absolute atomic E-state index is 0.0176. The van der Waals surface area contributed by atoms with Crippen LogP contribution in [0.2, 0.25) is 0 Å². The molecule has 0 aliphatic heterocycles. The zero-order chi connectivity index (χ0) is 20.9. The first-order chi connectivity index (χ1) is 13.4. The maximum Gasteiger partial charge on any atom is 0.274 e. The molecule has 0 bridgehead atoms. The molecule has 0 aromatic carbocycles. The van der Waals surface area contributed by atoms with Gasteiger partial charge in [0.05, 0.1) is 6.20 Å². The predicted molar refractivity (Wildman–Crippen MR) is 112 cm³/mol. The average molecular weight is 392 g/mol. The molecule has 0 saturated carbocycles. The predicted octanol–water partition coefficient (Wildman–Crippen LogP) is 2.59. The van der Waals surface area contributed by atoms with E-state index in [9.17, 15) is 9.59 Å². The van der Waals surface area contributed by atoms with Gasteiger partial charge in [-0.3, -0.25) is 14.6 Å². The lowest BCUT2D eigenvalue weighted by atomic mass is 10.1. The fourth-order valence-electron chi connectivity index (χ4n) is 3.10. The van der Waals surface area contributed by atoms with Gasteiger partial charge in [0, 0.05) is 37.9 Å². The lowest BCUT2D eigenvalue weighted by Gasteiger charge is -2.24. The van der Waals surface area contributed by atoms with E-state index in [0.717, 1.165) is 32.5 Å². The zero-order valence-electron chi connectivity index (χ0n) is 18.1. The van der Waals surface area contributed by atoms with Crippen LogP contribution in [-0.4, -0.2) is 70.3 Å². The summed E-state index contributed by atoms with van der Waals surface area (Å²) in [5.41, 5.74) is 0.313. The molecule has 1 aromatic heterocycles. The molecule has 158 valence electrons. The normalized spacial score (nSPS) is 12.2. The second kappa shape index (κ2) is 13.2.